The Morgan fingerprint density at radius 3 is 0.405 bits per heavy atom. The third-order valence-electron chi connectivity index (χ3n) is 1.23. The average molecular weight is 1520 g/mol. The first-order valence-corrected chi connectivity index (χ1v) is 4.82. The van der Waals surface area contributed by atoms with Crippen molar-refractivity contribution in [3.63, 3.8) is 0 Å². The van der Waals surface area contributed by atoms with Gasteiger partial charge in [0.05, 0.1) is 13.2 Å². The Kier molecular flexibility index (Phi) is 3950. The van der Waals surface area contributed by atoms with Crippen LogP contribution in [-0.4, -0.2) is 32.2 Å². The van der Waals surface area contributed by atoms with Gasteiger partial charge in [-0.05, 0) is 19.0 Å². The Morgan fingerprint density at radius 1 is 0.262 bits per heavy atom. The van der Waals surface area contributed by atoms with Crippen LogP contribution in [0.4, 0.5) is 0 Å². The van der Waals surface area contributed by atoms with Crippen molar-refractivity contribution < 1.29 is 449 Å². The van der Waals surface area contributed by atoms with E-state index in [9.17, 15) is 0 Å². The molecule has 0 unspecified atom stereocenters. The normalized spacial score (nSPS) is 4.21. The van der Waals surface area contributed by atoms with Crippen molar-refractivity contribution in [1.29, 1.82) is 0 Å². The van der Waals surface area contributed by atoms with Crippen molar-refractivity contribution >= 4 is 7.92 Å². The van der Waals surface area contributed by atoms with Crippen molar-refractivity contribution in [3.05, 3.63) is 0 Å². The molecule has 0 amide bonds. The molecule has 0 aromatic carbocycles. The smallest absolute Gasteiger partial charge is 1.00 e. The summed E-state index contributed by atoms with van der Waals surface area (Å²) in [4.78, 5) is 0. The minimum atomic E-state index is 0. The van der Waals surface area contributed by atoms with E-state index in [4.69, 9.17) is 4.74 Å². The minimum absolute atomic E-state index is 0. The van der Waals surface area contributed by atoms with Crippen LogP contribution in [-0.2, 0) is 27.1 Å². The molecule has 1 saturated heterocycles. The van der Waals surface area contributed by atoms with E-state index in [0.29, 0.717) is 7.92 Å². The molecular formula is C5H11AuCl34OP-33. The summed E-state index contributed by atoms with van der Waals surface area (Å²) in [5.74, 6) is 0. The van der Waals surface area contributed by atoms with Gasteiger partial charge in [0.2, 0.25) is 0 Å². The van der Waals surface area contributed by atoms with Gasteiger partial charge in [-0.15, -0.1) is 7.92 Å². The van der Waals surface area contributed by atoms with Crippen LogP contribution in [0.1, 0.15) is 0 Å². The number of ether oxygens (including phenoxy) is 1. The standard InChI is InChI=1S/C5H11OP.Au.34ClH/c1-7-4-2-6-3-5-7;;;;;;;;;;;;;;;;;;;;;;;;;;;;;;;;;;;/h2-5H2,1H3;;34*1H/q;+1;;;;;;;;;;;;;;;;;;;;;;;;;;;;;;;;;;/p-34. The van der Waals surface area contributed by atoms with Gasteiger partial charge in [0.15, 0.2) is 0 Å². The van der Waals surface area contributed by atoms with E-state index in [-0.39, 0.29) is 444 Å². The molecule has 0 atom stereocenters. The topological polar surface area (TPSA) is 9.23 Å². The van der Waals surface area contributed by atoms with E-state index in [1.807, 2.05) is 0 Å². The van der Waals surface area contributed by atoms with E-state index in [1.165, 1.54) is 12.3 Å². The van der Waals surface area contributed by atoms with Crippen LogP contribution >= 0.6 is 7.92 Å². The van der Waals surface area contributed by atoms with E-state index in [0.717, 1.165) is 13.2 Å². The van der Waals surface area contributed by atoms with Crippen LogP contribution in [0, 0.1) is 0 Å². The summed E-state index contributed by atoms with van der Waals surface area (Å²) in [6, 6.07) is 0. The molecule has 0 aromatic heterocycles. The van der Waals surface area contributed by atoms with E-state index >= 15 is 0 Å². The maximum absolute atomic E-state index is 5.16. The molecule has 1 heterocycles. The number of halogens is 34. The summed E-state index contributed by atoms with van der Waals surface area (Å²) >= 11 is 0. The van der Waals surface area contributed by atoms with Crippen molar-refractivity contribution in [2.75, 3.05) is 32.2 Å². The van der Waals surface area contributed by atoms with E-state index in [1.54, 1.807) is 0 Å². The van der Waals surface area contributed by atoms with Gasteiger partial charge >= 0.3 is 22.4 Å². The predicted molar refractivity (Wildman–Crippen MR) is 33.4 cm³/mol. The summed E-state index contributed by atoms with van der Waals surface area (Å²) in [6.07, 6.45) is 2.66. The molecular weight excluding hydrogens is 1510 g/mol. The second-order valence-corrected chi connectivity index (χ2v) is 4.52. The Morgan fingerprint density at radius 2 is 0.357 bits per heavy atom. The van der Waals surface area contributed by atoms with E-state index < -0.39 is 0 Å². The molecule has 1 rings (SSSR count). The first kappa shape index (κ1) is 443. The fourth-order valence-corrected chi connectivity index (χ4v) is 1.76. The molecule has 1 nitrogen and oxygen atoms in total. The molecule has 0 aliphatic carbocycles. The molecule has 1 aliphatic heterocycles. The Bertz CT molecular complexity index is 83.9. The summed E-state index contributed by atoms with van der Waals surface area (Å²) in [7, 11) is 0.383. The molecule has 0 saturated carbocycles. The van der Waals surface area contributed by atoms with Crippen molar-refractivity contribution in [2.45, 2.75) is 0 Å². The molecule has 324 valence electrons. The van der Waals surface area contributed by atoms with Crippen molar-refractivity contribution in [2.24, 2.45) is 0 Å². The molecule has 1 aliphatic rings. The Labute approximate surface area is 481 Å². The molecule has 1 fully saturated rings. The van der Waals surface area contributed by atoms with Gasteiger partial charge in [-0.1, -0.05) is 0 Å². The molecule has 0 bridgehead atoms. The summed E-state index contributed by atoms with van der Waals surface area (Å²) < 4.78 is 5.16. The Hall–Kier alpha value is 11.0. The van der Waals surface area contributed by atoms with Gasteiger partial charge in [-0.2, -0.15) is 0 Å². The van der Waals surface area contributed by atoms with Gasteiger partial charge in [0.25, 0.3) is 0 Å². The van der Waals surface area contributed by atoms with Gasteiger partial charge < -0.3 is 427 Å². The van der Waals surface area contributed by atoms with Crippen LogP contribution in [0.3, 0.4) is 0 Å². The zero-order valence-electron chi connectivity index (χ0n) is 17.8. The quantitative estimate of drug-likeness (QED) is 0.174. The predicted octanol–water partition coefficient (Wildman–Crippen LogP) is -101. The van der Waals surface area contributed by atoms with Crippen LogP contribution in [0.15, 0.2) is 0 Å². The summed E-state index contributed by atoms with van der Waals surface area (Å²) in [6.45, 7) is 4.38. The first-order chi connectivity index (χ1) is 3.39. The number of rotatable bonds is 0. The maximum Gasteiger partial charge on any atom is 1.00 e. The van der Waals surface area contributed by atoms with Crippen LogP contribution in [0.5, 0.6) is 0 Å². The largest absolute Gasteiger partial charge is 1.00 e. The van der Waals surface area contributed by atoms with Gasteiger partial charge in [0.1, 0.15) is 0 Å². The van der Waals surface area contributed by atoms with Gasteiger partial charge in [0, 0.05) is 0 Å². The monoisotopic (exact) mass is 1500 g/mol. The Balaban J connectivity index is -0.000000000424. The minimum Gasteiger partial charge on any atom is -1.00 e. The third-order valence-corrected chi connectivity index (χ3v) is 3.13. The van der Waals surface area contributed by atoms with Crippen molar-refractivity contribution in [1.82, 2.24) is 0 Å². The molecule has 0 spiro atoms. The van der Waals surface area contributed by atoms with Crippen LogP contribution < -0.4 is 422 Å². The zero-order chi connectivity index (χ0) is 5.11. The summed E-state index contributed by atoms with van der Waals surface area (Å²) in [5, 5.41) is 0. The maximum atomic E-state index is 5.16. The SMILES string of the molecule is CP1CCOCC1.[Au+].[Cl-].[Cl-].[Cl-].[Cl-].[Cl-].[Cl-].[Cl-].[Cl-].[Cl-].[Cl-].[Cl-].[Cl-].[Cl-].[Cl-].[Cl-].[Cl-].[Cl-].[Cl-].[Cl-].[Cl-].[Cl-].[Cl-].[Cl-].[Cl-].[Cl-].[Cl-].[Cl-].[Cl-].[Cl-].[Cl-].[Cl-].[Cl-].[Cl-].[Cl-]. The van der Waals surface area contributed by atoms with Crippen LogP contribution in [0.2, 0.25) is 0 Å². The zero-order valence-corrected chi connectivity index (χ0v) is 46.6. The molecule has 37 heteroatoms. The second-order valence-electron chi connectivity index (χ2n) is 1.92. The fraction of sp³-hybridized carbons (Fsp3) is 1.00. The molecule has 0 radical (unpaired) electrons. The summed E-state index contributed by atoms with van der Waals surface area (Å²) in [5.41, 5.74) is 0. The number of hydrogen-bond acceptors (Lipinski definition) is 1. The van der Waals surface area contributed by atoms with Crippen molar-refractivity contribution in [3.8, 4) is 0 Å². The fourth-order valence-electron chi connectivity index (χ4n) is 0.655. The molecule has 0 N–H and O–H groups in total. The average Bonchev–Trinajstić information content (AvgIpc) is 1.69. The second kappa shape index (κ2) is 375. The van der Waals surface area contributed by atoms with E-state index in [2.05, 4.69) is 6.66 Å². The first-order valence-electron chi connectivity index (χ1n) is 2.66. The van der Waals surface area contributed by atoms with Gasteiger partial charge in [-0.25, -0.2) is 0 Å². The molecule has 0 aromatic rings. The number of hydrogen-bond donors (Lipinski definition) is 0. The van der Waals surface area contributed by atoms with Crippen LogP contribution in [0.25, 0.3) is 0 Å². The third kappa shape index (κ3) is 353. The molecule has 42 heavy (non-hydrogen) atoms. The van der Waals surface area contributed by atoms with Gasteiger partial charge in [-0.3, -0.25) is 0 Å².